The van der Waals surface area contributed by atoms with Crippen LogP contribution in [0.25, 0.3) is 0 Å². The second-order valence-corrected chi connectivity index (χ2v) is 3.64. The molecule has 0 aliphatic carbocycles. The average Bonchev–Trinajstić information content (AvgIpc) is 1.99. The normalized spacial score (nSPS) is 19.9. The maximum absolute atomic E-state index is 10.6. The molecule has 76 valence electrons. The molecule has 1 aliphatic rings. The van der Waals surface area contributed by atoms with Crippen LogP contribution in [-0.4, -0.2) is 48.2 Å². The quantitative estimate of drug-likeness (QED) is 0.634. The molecular weight excluding hydrogens is 168 g/mol. The standard InChI is InChI=1S/C9H18N2O2/c1-3-11(8-4-10-5-8)6-7(2)9(12)13/h7-8,10H,3-6H2,1-2H3,(H,12,13). The van der Waals surface area contributed by atoms with Crippen molar-refractivity contribution in [1.82, 2.24) is 10.2 Å². The number of hydrogen-bond donors (Lipinski definition) is 2. The minimum atomic E-state index is -0.703. The van der Waals surface area contributed by atoms with Crippen molar-refractivity contribution in [3.8, 4) is 0 Å². The summed E-state index contributed by atoms with van der Waals surface area (Å²) >= 11 is 0. The Hall–Kier alpha value is -0.610. The van der Waals surface area contributed by atoms with Crippen molar-refractivity contribution in [3.63, 3.8) is 0 Å². The summed E-state index contributed by atoms with van der Waals surface area (Å²) in [5.74, 6) is -0.966. The Morgan fingerprint density at radius 2 is 2.31 bits per heavy atom. The lowest BCUT2D eigenvalue weighted by atomic mass is 10.1. The van der Waals surface area contributed by atoms with Gasteiger partial charge in [0.05, 0.1) is 5.92 Å². The Kier molecular flexibility index (Phi) is 3.69. The minimum Gasteiger partial charge on any atom is -0.481 e. The number of nitrogens with zero attached hydrogens (tertiary/aromatic N) is 1. The van der Waals surface area contributed by atoms with Gasteiger partial charge in [-0.25, -0.2) is 0 Å². The van der Waals surface area contributed by atoms with Crippen molar-refractivity contribution < 1.29 is 9.90 Å². The summed E-state index contributed by atoms with van der Waals surface area (Å²) in [6, 6.07) is 0.548. The average molecular weight is 186 g/mol. The molecule has 1 heterocycles. The molecule has 1 fully saturated rings. The first-order valence-electron chi connectivity index (χ1n) is 4.82. The highest BCUT2D eigenvalue weighted by molar-refractivity contribution is 5.69. The summed E-state index contributed by atoms with van der Waals surface area (Å²) in [7, 11) is 0. The molecule has 0 aromatic rings. The van der Waals surface area contributed by atoms with E-state index in [2.05, 4.69) is 17.1 Å². The first kappa shape index (κ1) is 10.5. The molecule has 0 radical (unpaired) electrons. The van der Waals surface area contributed by atoms with Crippen LogP contribution in [0, 0.1) is 5.92 Å². The van der Waals surface area contributed by atoms with Crippen LogP contribution in [0.3, 0.4) is 0 Å². The first-order chi connectivity index (χ1) is 6.15. The second kappa shape index (κ2) is 4.58. The van der Waals surface area contributed by atoms with Crippen molar-refractivity contribution in [2.75, 3.05) is 26.2 Å². The van der Waals surface area contributed by atoms with Crippen molar-refractivity contribution in [2.45, 2.75) is 19.9 Å². The number of aliphatic carboxylic acids is 1. The molecule has 1 atom stereocenters. The summed E-state index contributed by atoms with van der Waals surface area (Å²) < 4.78 is 0. The molecule has 0 aromatic carbocycles. The third-order valence-corrected chi connectivity index (χ3v) is 2.61. The van der Waals surface area contributed by atoms with Crippen LogP contribution < -0.4 is 5.32 Å². The fourth-order valence-electron chi connectivity index (χ4n) is 1.50. The molecule has 4 heteroatoms. The van der Waals surface area contributed by atoms with Crippen molar-refractivity contribution in [3.05, 3.63) is 0 Å². The van der Waals surface area contributed by atoms with Gasteiger partial charge in [0.15, 0.2) is 0 Å². The van der Waals surface area contributed by atoms with Gasteiger partial charge < -0.3 is 10.4 Å². The minimum absolute atomic E-state index is 0.263. The van der Waals surface area contributed by atoms with Crippen LogP contribution in [0.4, 0.5) is 0 Å². The second-order valence-electron chi connectivity index (χ2n) is 3.64. The van der Waals surface area contributed by atoms with E-state index in [1.807, 2.05) is 0 Å². The SMILES string of the molecule is CCN(CC(C)C(=O)O)C1CNC1. The van der Waals surface area contributed by atoms with Crippen molar-refractivity contribution >= 4 is 5.97 Å². The van der Waals surface area contributed by atoms with Crippen molar-refractivity contribution in [2.24, 2.45) is 5.92 Å². The van der Waals surface area contributed by atoms with E-state index in [9.17, 15) is 4.79 Å². The van der Waals surface area contributed by atoms with E-state index in [0.717, 1.165) is 19.6 Å². The molecule has 1 rings (SSSR count). The van der Waals surface area contributed by atoms with E-state index >= 15 is 0 Å². The summed E-state index contributed by atoms with van der Waals surface area (Å²) in [6.45, 7) is 7.44. The lowest BCUT2D eigenvalue weighted by Crippen LogP contribution is -2.58. The predicted octanol–water partition coefficient (Wildman–Crippen LogP) is 0.000800. The monoisotopic (exact) mass is 186 g/mol. The maximum atomic E-state index is 10.6. The smallest absolute Gasteiger partial charge is 0.307 e. The van der Waals surface area contributed by atoms with E-state index in [4.69, 9.17) is 5.11 Å². The van der Waals surface area contributed by atoms with Gasteiger partial charge in [-0.15, -0.1) is 0 Å². The largest absolute Gasteiger partial charge is 0.481 e. The molecular formula is C9H18N2O2. The van der Waals surface area contributed by atoms with Crippen LogP contribution in [0.5, 0.6) is 0 Å². The van der Waals surface area contributed by atoms with Gasteiger partial charge in [0.2, 0.25) is 0 Å². The molecule has 2 N–H and O–H groups in total. The topological polar surface area (TPSA) is 52.6 Å². The molecule has 0 saturated carbocycles. The molecule has 4 nitrogen and oxygen atoms in total. The number of carbonyl (C=O) groups is 1. The lowest BCUT2D eigenvalue weighted by molar-refractivity contribution is -0.142. The zero-order valence-electron chi connectivity index (χ0n) is 8.29. The summed E-state index contributed by atoms with van der Waals surface area (Å²) in [5, 5.41) is 11.9. The highest BCUT2D eigenvalue weighted by Crippen LogP contribution is 2.08. The van der Waals surface area contributed by atoms with E-state index < -0.39 is 5.97 Å². The third kappa shape index (κ3) is 2.67. The number of nitrogens with one attached hydrogen (secondary N) is 1. The van der Waals surface area contributed by atoms with Crippen LogP contribution in [0.1, 0.15) is 13.8 Å². The maximum Gasteiger partial charge on any atom is 0.307 e. The fraction of sp³-hybridized carbons (Fsp3) is 0.889. The number of carboxylic acids is 1. The number of carboxylic acid groups (broad SMARTS) is 1. The molecule has 13 heavy (non-hydrogen) atoms. The number of hydrogen-bond acceptors (Lipinski definition) is 3. The van der Waals surface area contributed by atoms with Crippen LogP contribution in [0.15, 0.2) is 0 Å². The number of rotatable bonds is 5. The van der Waals surface area contributed by atoms with Crippen molar-refractivity contribution in [1.29, 1.82) is 0 Å². The van der Waals surface area contributed by atoms with Crippen LogP contribution in [-0.2, 0) is 4.79 Å². The summed E-state index contributed by atoms with van der Waals surface area (Å²) in [5.41, 5.74) is 0. The van der Waals surface area contributed by atoms with E-state index in [-0.39, 0.29) is 5.92 Å². The van der Waals surface area contributed by atoms with Gasteiger partial charge in [-0.1, -0.05) is 13.8 Å². The summed E-state index contributed by atoms with van der Waals surface area (Å²) in [4.78, 5) is 12.9. The summed E-state index contributed by atoms with van der Waals surface area (Å²) in [6.07, 6.45) is 0. The fourth-order valence-corrected chi connectivity index (χ4v) is 1.50. The zero-order chi connectivity index (χ0) is 9.84. The molecule has 1 unspecified atom stereocenters. The molecule has 0 amide bonds. The Morgan fingerprint density at radius 3 is 2.62 bits per heavy atom. The Balaban J connectivity index is 2.34. The van der Waals surface area contributed by atoms with E-state index in [1.165, 1.54) is 0 Å². The Labute approximate surface area is 78.9 Å². The Bertz CT molecular complexity index is 180. The molecule has 0 bridgehead atoms. The van der Waals surface area contributed by atoms with Gasteiger partial charge in [-0.2, -0.15) is 0 Å². The lowest BCUT2D eigenvalue weighted by Gasteiger charge is -2.38. The van der Waals surface area contributed by atoms with Gasteiger partial charge in [0.25, 0.3) is 0 Å². The van der Waals surface area contributed by atoms with Crippen LogP contribution >= 0.6 is 0 Å². The molecule has 1 saturated heterocycles. The van der Waals surface area contributed by atoms with Gasteiger partial charge >= 0.3 is 5.97 Å². The highest BCUT2D eigenvalue weighted by atomic mass is 16.4. The van der Waals surface area contributed by atoms with E-state index in [0.29, 0.717) is 12.6 Å². The molecule has 0 aromatic heterocycles. The van der Waals surface area contributed by atoms with Gasteiger partial charge in [0.1, 0.15) is 0 Å². The van der Waals surface area contributed by atoms with Crippen LogP contribution in [0.2, 0.25) is 0 Å². The highest BCUT2D eigenvalue weighted by Gasteiger charge is 2.25. The molecule has 1 aliphatic heterocycles. The van der Waals surface area contributed by atoms with Gasteiger partial charge in [0, 0.05) is 25.7 Å². The first-order valence-corrected chi connectivity index (χ1v) is 4.82. The predicted molar refractivity (Wildman–Crippen MR) is 50.7 cm³/mol. The Morgan fingerprint density at radius 1 is 1.69 bits per heavy atom. The van der Waals surface area contributed by atoms with Gasteiger partial charge in [-0.05, 0) is 6.54 Å². The third-order valence-electron chi connectivity index (χ3n) is 2.61. The zero-order valence-corrected chi connectivity index (χ0v) is 8.29. The number of likely N-dealkylation sites (N-methyl/N-ethyl adjacent to an activating group) is 1. The molecule has 0 spiro atoms. The van der Waals surface area contributed by atoms with E-state index in [1.54, 1.807) is 6.92 Å². The van der Waals surface area contributed by atoms with Gasteiger partial charge in [-0.3, -0.25) is 9.69 Å².